The Kier molecular flexibility index (Phi) is 6.01. The van der Waals surface area contributed by atoms with Crippen LogP contribution in [0.3, 0.4) is 0 Å². The molecule has 2 atom stereocenters. The van der Waals surface area contributed by atoms with Gasteiger partial charge in [-0.2, -0.15) is 8.42 Å². The van der Waals surface area contributed by atoms with Crippen LogP contribution in [-0.2, 0) is 25.6 Å². The van der Waals surface area contributed by atoms with Crippen LogP contribution in [0.1, 0.15) is 25.3 Å². The number of hydrogen-bond acceptors (Lipinski definition) is 5. The summed E-state index contributed by atoms with van der Waals surface area (Å²) >= 11 is 0. The lowest BCUT2D eigenvalue weighted by Crippen LogP contribution is -2.44. The average Bonchev–Trinajstić information content (AvgIpc) is 2.52. The van der Waals surface area contributed by atoms with E-state index < -0.39 is 16.2 Å². The Morgan fingerprint density at radius 3 is 2.70 bits per heavy atom. The molecule has 1 aromatic rings. The molecule has 0 aliphatic carbocycles. The molecule has 0 spiro atoms. The molecular weight excluding hydrogens is 318 g/mol. The van der Waals surface area contributed by atoms with E-state index in [-0.39, 0.29) is 18.6 Å². The maximum Gasteiger partial charge on any atom is 0.410 e. The summed E-state index contributed by atoms with van der Waals surface area (Å²) < 4.78 is 32.8. The van der Waals surface area contributed by atoms with E-state index in [0.29, 0.717) is 13.1 Å². The number of ether oxygens (including phenoxy) is 1. The Morgan fingerprint density at radius 2 is 2.04 bits per heavy atom. The zero-order chi connectivity index (χ0) is 16.9. The number of carbonyl (C=O) groups excluding carboxylic acids is 1. The summed E-state index contributed by atoms with van der Waals surface area (Å²) in [6, 6.07) is 9.49. The fourth-order valence-electron chi connectivity index (χ4n) is 2.72. The van der Waals surface area contributed by atoms with E-state index in [2.05, 4.69) is 0 Å². The van der Waals surface area contributed by atoms with Gasteiger partial charge in [0.1, 0.15) is 6.61 Å². The van der Waals surface area contributed by atoms with Crippen molar-refractivity contribution in [2.45, 2.75) is 32.5 Å². The van der Waals surface area contributed by atoms with Gasteiger partial charge in [0.05, 0.1) is 12.4 Å². The van der Waals surface area contributed by atoms with Crippen molar-refractivity contribution in [2.75, 3.05) is 19.3 Å². The van der Waals surface area contributed by atoms with Crippen LogP contribution in [0.5, 0.6) is 0 Å². The molecule has 0 saturated carbocycles. The van der Waals surface area contributed by atoms with Crippen LogP contribution in [-0.4, -0.2) is 44.9 Å². The van der Waals surface area contributed by atoms with Crippen molar-refractivity contribution in [3.63, 3.8) is 0 Å². The summed E-state index contributed by atoms with van der Waals surface area (Å²) in [6.45, 7) is 3.03. The minimum atomic E-state index is -3.49. The Hall–Kier alpha value is -1.60. The molecule has 23 heavy (non-hydrogen) atoms. The third-order valence-electron chi connectivity index (χ3n) is 3.91. The number of carbonyl (C=O) groups is 1. The van der Waals surface area contributed by atoms with E-state index in [0.717, 1.165) is 24.7 Å². The molecule has 0 radical (unpaired) electrons. The van der Waals surface area contributed by atoms with Crippen molar-refractivity contribution in [1.82, 2.24) is 4.90 Å². The van der Waals surface area contributed by atoms with Crippen molar-refractivity contribution in [2.24, 2.45) is 5.92 Å². The molecule has 1 aliphatic heterocycles. The first-order chi connectivity index (χ1) is 10.8. The van der Waals surface area contributed by atoms with Crippen LogP contribution in [0.2, 0.25) is 0 Å². The average molecular weight is 341 g/mol. The summed E-state index contributed by atoms with van der Waals surface area (Å²) in [4.78, 5) is 13.8. The molecular formula is C16H23NO5S. The Balaban J connectivity index is 1.86. The van der Waals surface area contributed by atoms with Gasteiger partial charge in [-0.25, -0.2) is 4.79 Å². The third kappa shape index (κ3) is 5.84. The molecule has 7 heteroatoms. The molecule has 6 nitrogen and oxygen atoms in total. The SMILES string of the molecule is C[C@H](OS(C)(=O)=O)[C@H]1CCCN(C(=O)OCc2ccccc2)C1. The number of hydrogen-bond donors (Lipinski definition) is 0. The van der Waals surface area contributed by atoms with Crippen molar-refractivity contribution < 1.29 is 22.1 Å². The van der Waals surface area contributed by atoms with Crippen LogP contribution in [0.15, 0.2) is 30.3 Å². The number of amides is 1. The lowest BCUT2D eigenvalue weighted by molar-refractivity contribution is 0.0551. The first kappa shape index (κ1) is 17.7. The lowest BCUT2D eigenvalue weighted by atomic mass is 9.94. The van der Waals surface area contributed by atoms with Crippen LogP contribution in [0.4, 0.5) is 4.79 Å². The van der Waals surface area contributed by atoms with Crippen molar-refractivity contribution in [1.29, 1.82) is 0 Å². The second-order valence-corrected chi connectivity index (χ2v) is 7.49. The van der Waals surface area contributed by atoms with Gasteiger partial charge in [0.2, 0.25) is 0 Å². The molecule has 0 bridgehead atoms. The topological polar surface area (TPSA) is 72.9 Å². The highest BCUT2D eigenvalue weighted by Gasteiger charge is 2.30. The fourth-order valence-corrected chi connectivity index (χ4v) is 3.43. The molecule has 1 aromatic carbocycles. The number of rotatable bonds is 5. The van der Waals surface area contributed by atoms with E-state index in [1.54, 1.807) is 11.8 Å². The molecule has 2 rings (SSSR count). The van der Waals surface area contributed by atoms with E-state index >= 15 is 0 Å². The lowest BCUT2D eigenvalue weighted by Gasteiger charge is -2.34. The highest BCUT2D eigenvalue weighted by molar-refractivity contribution is 7.86. The van der Waals surface area contributed by atoms with Gasteiger partial charge in [-0.1, -0.05) is 30.3 Å². The summed E-state index contributed by atoms with van der Waals surface area (Å²) in [7, 11) is -3.49. The van der Waals surface area contributed by atoms with Gasteiger partial charge in [-0.15, -0.1) is 0 Å². The molecule has 0 aromatic heterocycles. The van der Waals surface area contributed by atoms with Gasteiger partial charge in [0, 0.05) is 19.0 Å². The zero-order valence-corrected chi connectivity index (χ0v) is 14.3. The normalized spacial score (nSPS) is 20.1. The van der Waals surface area contributed by atoms with E-state index in [9.17, 15) is 13.2 Å². The van der Waals surface area contributed by atoms with Crippen LogP contribution >= 0.6 is 0 Å². The summed E-state index contributed by atoms with van der Waals surface area (Å²) in [5, 5.41) is 0. The smallest absolute Gasteiger partial charge is 0.410 e. The molecule has 1 saturated heterocycles. The number of nitrogens with zero attached hydrogens (tertiary/aromatic N) is 1. The molecule has 1 aliphatic rings. The van der Waals surface area contributed by atoms with Gasteiger partial charge < -0.3 is 9.64 Å². The monoisotopic (exact) mass is 341 g/mol. The summed E-state index contributed by atoms with van der Waals surface area (Å²) in [6.07, 6.45) is 1.86. The molecule has 1 heterocycles. The Bertz CT molecular complexity index is 617. The second kappa shape index (κ2) is 7.79. The minimum absolute atomic E-state index is 0.0113. The number of piperidine rings is 1. The van der Waals surface area contributed by atoms with Gasteiger partial charge in [-0.05, 0) is 25.3 Å². The first-order valence-electron chi connectivity index (χ1n) is 7.69. The van der Waals surface area contributed by atoms with Crippen LogP contribution in [0, 0.1) is 5.92 Å². The number of likely N-dealkylation sites (tertiary alicyclic amines) is 1. The minimum Gasteiger partial charge on any atom is -0.445 e. The first-order valence-corrected chi connectivity index (χ1v) is 9.50. The van der Waals surface area contributed by atoms with Gasteiger partial charge >= 0.3 is 6.09 Å². The Morgan fingerprint density at radius 1 is 1.35 bits per heavy atom. The molecule has 1 amide bonds. The highest BCUT2D eigenvalue weighted by atomic mass is 32.2. The maximum absolute atomic E-state index is 12.2. The predicted octanol–water partition coefficient (Wildman–Crippen LogP) is 2.40. The highest BCUT2D eigenvalue weighted by Crippen LogP contribution is 2.23. The van der Waals surface area contributed by atoms with E-state index in [1.165, 1.54) is 0 Å². The van der Waals surface area contributed by atoms with Gasteiger partial charge in [0.15, 0.2) is 0 Å². The second-order valence-electron chi connectivity index (χ2n) is 5.89. The quantitative estimate of drug-likeness (QED) is 0.769. The zero-order valence-electron chi connectivity index (χ0n) is 13.5. The van der Waals surface area contributed by atoms with E-state index in [1.807, 2.05) is 30.3 Å². The molecule has 0 N–H and O–H groups in total. The van der Waals surface area contributed by atoms with Crippen molar-refractivity contribution in [3.8, 4) is 0 Å². The van der Waals surface area contributed by atoms with Crippen molar-refractivity contribution >= 4 is 16.2 Å². The number of benzene rings is 1. The van der Waals surface area contributed by atoms with Crippen LogP contribution < -0.4 is 0 Å². The third-order valence-corrected chi connectivity index (χ3v) is 4.56. The standard InChI is InChI=1S/C16H23NO5S/c1-13(22-23(2,19)20)15-9-6-10-17(11-15)16(18)21-12-14-7-4-3-5-8-14/h3-5,7-8,13,15H,6,9-12H2,1-2H3/t13-,15-/m0/s1. The predicted molar refractivity (Wildman–Crippen MR) is 86.3 cm³/mol. The van der Waals surface area contributed by atoms with E-state index in [4.69, 9.17) is 8.92 Å². The van der Waals surface area contributed by atoms with Gasteiger partial charge in [-0.3, -0.25) is 4.18 Å². The maximum atomic E-state index is 12.2. The molecule has 1 fully saturated rings. The van der Waals surface area contributed by atoms with Crippen LogP contribution in [0.25, 0.3) is 0 Å². The fraction of sp³-hybridized carbons (Fsp3) is 0.562. The molecule has 128 valence electrons. The summed E-state index contributed by atoms with van der Waals surface area (Å²) in [5.74, 6) is -0.0113. The summed E-state index contributed by atoms with van der Waals surface area (Å²) in [5.41, 5.74) is 0.934. The molecule has 0 unspecified atom stereocenters. The van der Waals surface area contributed by atoms with Gasteiger partial charge in [0.25, 0.3) is 10.1 Å². The van der Waals surface area contributed by atoms with Crippen molar-refractivity contribution in [3.05, 3.63) is 35.9 Å². The Labute approximate surface area is 137 Å². The largest absolute Gasteiger partial charge is 0.445 e.